The zero-order chi connectivity index (χ0) is 10.1. The van der Waals surface area contributed by atoms with Gasteiger partial charge in [0.25, 0.3) is 0 Å². The highest BCUT2D eigenvalue weighted by Gasteiger charge is 2.08. The molecule has 0 N–H and O–H groups in total. The molecule has 0 radical (unpaired) electrons. The van der Waals surface area contributed by atoms with Crippen LogP contribution < -0.4 is 0 Å². The van der Waals surface area contributed by atoms with Gasteiger partial charge < -0.3 is 4.57 Å². The summed E-state index contributed by atoms with van der Waals surface area (Å²) in [7, 11) is 2.01. The minimum Gasteiger partial charge on any atom is -0.357 e. The van der Waals surface area contributed by atoms with Crippen LogP contribution in [0.25, 0.3) is 5.57 Å². The molecule has 0 saturated carbocycles. The van der Waals surface area contributed by atoms with Crippen LogP contribution in [-0.4, -0.2) is 9.55 Å². The monoisotopic (exact) mass is 204 g/mol. The second-order valence-corrected chi connectivity index (χ2v) is 4.17. The summed E-state index contributed by atoms with van der Waals surface area (Å²) in [6.45, 7) is 6.11. The number of thiazole rings is 1. The van der Waals surface area contributed by atoms with Crippen LogP contribution in [0.4, 0.5) is 0 Å². The van der Waals surface area contributed by atoms with E-state index in [0.717, 1.165) is 11.3 Å². The molecule has 0 aliphatic rings. The van der Waals surface area contributed by atoms with Crippen LogP contribution in [0.5, 0.6) is 0 Å². The van der Waals surface area contributed by atoms with Crippen molar-refractivity contribution in [1.29, 1.82) is 0 Å². The Hall–Kier alpha value is -1.35. The zero-order valence-corrected chi connectivity index (χ0v) is 9.14. The first-order chi connectivity index (χ1) is 6.68. The number of aryl methyl sites for hydroxylation is 2. The van der Waals surface area contributed by atoms with E-state index in [1.54, 1.807) is 11.3 Å². The van der Waals surface area contributed by atoms with Crippen molar-refractivity contribution < 1.29 is 0 Å². The van der Waals surface area contributed by atoms with Gasteiger partial charge in [-0.25, -0.2) is 4.98 Å². The molecule has 0 fully saturated rings. The molecule has 0 unspecified atom stereocenters. The largest absolute Gasteiger partial charge is 0.357 e. The van der Waals surface area contributed by atoms with Gasteiger partial charge in [0, 0.05) is 25.0 Å². The number of hydrogen-bond donors (Lipinski definition) is 0. The Morgan fingerprint density at radius 2 is 2.36 bits per heavy atom. The lowest BCUT2D eigenvalue weighted by atomic mass is 10.1. The predicted octanol–water partition coefficient (Wildman–Crippen LogP) is 2.85. The SMILES string of the molecule is C=C(c1ccn(C)c1)c1scnc1C. The molecule has 0 atom stereocenters. The number of rotatable bonds is 2. The van der Waals surface area contributed by atoms with E-state index in [1.165, 1.54) is 10.4 Å². The lowest BCUT2D eigenvalue weighted by Gasteiger charge is -2.00. The van der Waals surface area contributed by atoms with E-state index < -0.39 is 0 Å². The van der Waals surface area contributed by atoms with E-state index >= 15 is 0 Å². The second kappa shape index (κ2) is 3.42. The van der Waals surface area contributed by atoms with E-state index in [2.05, 4.69) is 23.8 Å². The van der Waals surface area contributed by atoms with Crippen LogP contribution in [-0.2, 0) is 7.05 Å². The topological polar surface area (TPSA) is 17.8 Å². The van der Waals surface area contributed by atoms with Crippen LogP contribution in [0, 0.1) is 6.92 Å². The Balaban J connectivity index is 2.38. The highest BCUT2D eigenvalue weighted by molar-refractivity contribution is 7.11. The molecule has 2 rings (SSSR count). The maximum Gasteiger partial charge on any atom is 0.0801 e. The Kier molecular flexibility index (Phi) is 2.25. The van der Waals surface area contributed by atoms with Gasteiger partial charge in [-0.05, 0) is 18.6 Å². The molecule has 2 aromatic heterocycles. The molecule has 2 heterocycles. The molecule has 0 amide bonds. The molecule has 2 nitrogen and oxygen atoms in total. The van der Waals surface area contributed by atoms with E-state index in [0.29, 0.717) is 0 Å². The fourth-order valence-electron chi connectivity index (χ4n) is 1.40. The summed E-state index contributed by atoms with van der Waals surface area (Å²) in [6.07, 6.45) is 4.10. The third-order valence-corrected chi connectivity index (χ3v) is 3.19. The number of nitrogens with zero attached hydrogens (tertiary/aromatic N) is 2. The first kappa shape index (κ1) is 9.21. The van der Waals surface area contributed by atoms with Crippen molar-refractivity contribution in [1.82, 2.24) is 9.55 Å². The first-order valence-corrected chi connectivity index (χ1v) is 5.28. The van der Waals surface area contributed by atoms with Gasteiger partial charge in [-0.2, -0.15) is 0 Å². The van der Waals surface area contributed by atoms with Gasteiger partial charge in [0.1, 0.15) is 0 Å². The van der Waals surface area contributed by atoms with Crippen molar-refractivity contribution in [3.05, 3.63) is 46.7 Å². The van der Waals surface area contributed by atoms with E-state index in [1.807, 2.05) is 30.2 Å². The van der Waals surface area contributed by atoms with Gasteiger partial charge in [0.05, 0.1) is 16.1 Å². The summed E-state index contributed by atoms with van der Waals surface area (Å²) in [5, 5.41) is 0. The summed E-state index contributed by atoms with van der Waals surface area (Å²) < 4.78 is 2.02. The molecular weight excluding hydrogens is 192 g/mol. The lowest BCUT2D eigenvalue weighted by Crippen LogP contribution is -1.84. The number of aromatic nitrogens is 2. The van der Waals surface area contributed by atoms with Crippen molar-refractivity contribution in [3.63, 3.8) is 0 Å². The third-order valence-electron chi connectivity index (χ3n) is 2.20. The smallest absolute Gasteiger partial charge is 0.0801 e. The fraction of sp³-hybridized carbons (Fsp3) is 0.182. The van der Waals surface area contributed by atoms with Crippen LogP contribution >= 0.6 is 11.3 Å². The van der Waals surface area contributed by atoms with Gasteiger partial charge in [0.2, 0.25) is 0 Å². The van der Waals surface area contributed by atoms with Crippen LogP contribution in [0.1, 0.15) is 16.1 Å². The highest BCUT2D eigenvalue weighted by atomic mass is 32.1. The average molecular weight is 204 g/mol. The molecule has 14 heavy (non-hydrogen) atoms. The van der Waals surface area contributed by atoms with Gasteiger partial charge >= 0.3 is 0 Å². The number of hydrogen-bond acceptors (Lipinski definition) is 2. The normalized spacial score (nSPS) is 10.4. The molecule has 72 valence electrons. The van der Waals surface area contributed by atoms with E-state index in [-0.39, 0.29) is 0 Å². The Bertz CT molecular complexity index is 465. The van der Waals surface area contributed by atoms with Crippen molar-refractivity contribution in [2.75, 3.05) is 0 Å². The molecule has 0 aliphatic heterocycles. The summed E-state index contributed by atoms with van der Waals surface area (Å²) in [5.41, 5.74) is 5.15. The summed E-state index contributed by atoms with van der Waals surface area (Å²) in [5.74, 6) is 0. The van der Waals surface area contributed by atoms with Crippen molar-refractivity contribution in [2.24, 2.45) is 7.05 Å². The first-order valence-electron chi connectivity index (χ1n) is 4.40. The summed E-state index contributed by atoms with van der Waals surface area (Å²) in [4.78, 5) is 5.40. The van der Waals surface area contributed by atoms with Crippen molar-refractivity contribution in [3.8, 4) is 0 Å². The van der Waals surface area contributed by atoms with Gasteiger partial charge in [-0.15, -0.1) is 11.3 Å². The van der Waals surface area contributed by atoms with E-state index in [4.69, 9.17) is 0 Å². The Labute approximate surface area is 87.5 Å². The van der Waals surface area contributed by atoms with Crippen molar-refractivity contribution >= 4 is 16.9 Å². The predicted molar refractivity (Wildman–Crippen MR) is 60.4 cm³/mol. The lowest BCUT2D eigenvalue weighted by molar-refractivity contribution is 0.927. The maximum absolute atomic E-state index is 4.22. The molecule has 3 heteroatoms. The quantitative estimate of drug-likeness (QED) is 0.735. The highest BCUT2D eigenvalue weighted by Crippen LogP contribution is 2.27. The summed E-state index contributed by atoms with van der Waals surface area (Å²) >= 11 is 1.64. The molecular formula is C11H12N2S. The average Bonchev–Trinajstić information content (AvgIpc) is 2.73. The Morgan fingerprint density at radius 3 is 2.86 bits per heavy atom. The van der Waals surface area contributed by atoms with Gasteiger partial charge in [-0.3, -0.25) is 0 Å². The van der Waals surface area contributed by atoms with Crippen LogP contribution in [0.15, 0.2) is 30.5 Å². The second-order valence-electron chi connectivity index (χ2n) is 3.31. The van der Waals surface area contributed by atoms with Crippen LogP contribution in [0.3, 0.4) is 0 Å². The maximum atomic E-state index is 4.22. The van der Waals surface area contributed by atoms with E-state index in [9.17, 15) is 0 Å². The fourth-order valence-corrected chi connectivity index (χ4v) is 2.20. The molecule has 0 aliphatic carbocycles. The van der Waals surface area contributed by atoms with Gasteiger partial charge in [-0.1, -0.05) is 6.58 Å². The minimum absolute atomic E-state index is 1.06. The molecule has 0 bridgehead atoms. The molecule has 0 spiro atoms. The standard InChI is InChI=1S/C11H12N2S/c1-8(10-4-5-13(3)6-10)11-9(2)12-7-14-11/h4-7H,1H2,2-3H3. The van der Waals surface area contributed by atoms with Crippen LogP contribution in [0.2, 0.25) is 0 Å². The summed E-state index contributed by atoms with van der Waals surface area (Å²) in [6, 6.07) is 2.07. The Morgan fingerprint density at radius 1 is 1.57 bits per heavy atom. The minimum atomic E-state index is 1.06. The molecule has 0 saturated heterocycles. The molecule has 2 aromatic rings. The molecule has 0 aromatic carbocycles. The third kappa shape index (κ3) is 1.51. The van der Waals surface area contributed by atoms with Gasteiger partial charge in [0.15, 0.2) is 0 Å². The van der Waals surface area contributed by atoms with Crippen molar-refractivity contribution in [2.45, 2.75) is 6.92 Å². The zero-order valence-electron chi connectivity index (χ0n) is 8.32.